The molecule has 1 aromatic carbocycles. The highest BCUT2D eigenvalue weighted by molar-refractivity contribution is 5.95. The molecule has 2 aromatic rings. The van der Waals surface area contributed by atoms with E-state index in [1.165, 1.54) is 0 Å². The number of nitrogens with zero attached hydrogens (tertiary/aromatic N) is 2. The van der Waals surface area contributed by atoms with E-state index in [0.717, 1.165) is 24.9 Å². The number of carbonyl (C=O) groups excluding carboxylic acids is 2. The van der Waals surface area contributed by atoms with Gasteiger partial charge in [-0.1, -0.05) is 0 Å². The van der Waals surface area contributed by atoms with Gasteiger partial charge in [0.25, 0.3) is 5.91 Å². The number of aromatic nitrogens is 1. The second-order valence-electron chi connectivity index (χ2n) is 5.96. The fourth-order valence-corrected chi connectivity index (χ4v) is 3.16. The van der Waals surface area contributed by atoms with Crippen molar-refractivity contribution in [3.63, 3.8) is 0 Å². The van der Waals surface area contributed by atoms with Gasteiger partial charge in [-0.3, -0.25) is 9.59 Å². The molecule has 120 valence electrons. The first-order valence-corrected chi connectivity index (χ1v) is 7.98. The van der Waals surface area contributed by atoms with Crippen LogP contribution in [-0.2, 0) is 4.79 Å². The van der Waals surface area contributed by atoms with E-state index in [1.54, 1.807) is 4.90 Å². The highest BCUT2D eigenvalue weighted by Crippen LogP contribution is 2.22. The normalized spacial score (nSPS) is 17.9. The third kappa shape index (κ3) is 3.44. The summed E-state index contributed by atoms with van der Waals surface area (Å²) in [7, 11) is 0. The van der Waals surface area contributed by atoms with Gasteiger partial charge in [0.2, 0.25) is 5.91 Å². The quantitative estimate of drug-likeness (QED) is 0.941. The van der Waals surface area contributed by atoms with Gasteiger partial charge in [-0.05, 0) is 55.7 Å². The Kier molecular flexibility index (Phi) is 4.46. The molecule has 0 spiro atoms. The van der Waals surface area contributed by atoms with E-state index in [4.69, 9.17) is 5.73 Å². The van der Waals surface area contributed by atoms with Crippen LogP contribution in [0.2, 0.25) is 0 Å². The fraction of sp³-hybridized carbons (Fsp3) is 0.333. The van der Waals surface area contributed by atoms with Crippen molar-refractivity contribution in [3.05, 3.63) is 54.4 Å². The molecule has 1 fully saturated rings. The molecule has 1 aliphatic rings. The van der Waals surface area contributed by atoms with Gasteiger partial charge in [0, 0.05) is 42.7 Å². The SMILES string of the molecule is NC(=O)CC1CCCCN1C(=O)c1ccc(-n2cccc2)cc1. The molecule has 0 bridgehead atoms. The first-order chi connectivity index (χ1) is 11.1. The van der Waals surface area contributed by atoms with E-state index < -0.39 is 0 Å². The molecule has 5 heteroatoms. The second-order valence-corrected chi connectivity index (χ2v) is 5.96. The molecular weight excluding hydrogens is 290 g/mol. The number of rotatable bonds is 4. The molecule has 0 saturated carbocycles. The second kappa shape index (κ2) is 6.69. The maximum Gasteiger partial charge on any atom is 0.254 e. The van der Waals surface area contributed by atoms with E-state index in [2.05, 4.69) is 0 Å². The number of primary amides is 1. The Balaban J connectivity index is 1.77. The molecule has 1 saturated heterocycles. The molecule has 23 heavy (non-hydrogen) atoms. The van der Waals surface area contributed by atoms with Gasteiger partial charge in [0.1, 0.15) is 0 Å². The van der Waals surface area contributed by atoms with Gasteiger partial charge >= 0.3 is 0 Å². The lowest BCUT2D eigenvalue weighted by Crippen LogP contribution is -2.45. The lowest BCUT2D eigenvalue weighted by Gasteiger charge is -2.35. The lowest BCUT2D eigenvalue weighted by molar-refractivity contribution is -0.119. The van der Waals surface area contributed by atoms with Crippen LogP contribution in [0.4, 0.5) is 0 Å². The van der Waals surface area contributed by atoms with Crippen molar-refractivity contribution in [1.29, 1.82) is 0 Å². The molecule has 1 unspecified atom stereocenters. The summed E-state index contributed by atoms with van der Waals surface area (Å²) >= 11 is 0. The number of piperidine rings is 1. The summed E-state index contributed by atoms with van der Waals surface area (Å²) in [5.74, 6) is -0.368. The van der Waals surface area contributed by atoms with E-state index in [0.29, 0.717) is 12.1 Å². The summed E-state index contributed by atoms with van der Waals surface area (Å²) in [5.41, 5.74) is 6.98. The summed E-state index contributed by atoms with van der Waals surface area (Å²) in [6, 6.07) is 11.4. The predicted octanol–water partition coefficient (Wildman–Crippen LogP) is 2.35. The van der Waals surface area contributed by atoms with Crippen molar-refractivity contribution in [1.82, 2.24) is 9.47 Å². The zero-order chi connectivity index (χ0) is 16.2. The highest BCUT2D eigenvalue weighted by Gasteiger charge is 2.28. The summed E-state index contributed by atoms with van der Waals surface area (Å²) in [4.78, 5) is 25.8. The standard InChI is InChI=1S/C18H21N3O2/c19-17(22)13-16-5-1-2-12-21(16)18(23)14-6-8-15(9-7-14)20-10-3-4-11-20/h3-4,6-11,16H,1-2,5,12-13H2,(H2,19,22). The smallest absolute Gasteiger partial charge is 0.254 e. The maximum absolute atomic E-state index is 12.8. The Morgan fingerprint density at radius 1 is 1.09 bits per heavy atom. The highest BCUT2D eigenvalue weighted by atomic mass is 16.2. The number of hydrogen-bond donors (Lipinski definition) is 1. The molecule has 1 atom stereocenters. The van der Waals surface area contributed by atoms with Crippen molar-refractivity contribution < 1.29 is 9.59 Å². The minimum atomic E-state index is -0.349. The van der Waals surface area contributed by atoms with E-state index >= 15 is 0 Å². The monoisotopic (exact) mass is 311 g/mol. The summed E-state index contributed by atoms with van der Waals surface area (Å²) in [5, 5.41) is 0. The number of likely N-dealkylation sites (tertiary alicyclic amines) is 1. The van der Waals surface area contributed by atoms with Gasteiger partial charge in [0.05, 0.1) is 0 Å². The number of nitrogens with two attached hydrogens (primary N) is 1. The van der Waals surface area contributed by atoms with Gasteiger partial charge in [0.15, 0.2) is 0 Å². The van der Waals surface area contributed by atoms with Crippen LogP contribution in [0.5, 0.6) is 0 Å². The van der Waals surface area contributed by atoms with Gasteiger partial charge in [-0.2, -0.15) is 0 Å². The predicted molar refractivity (Wildman–Crippen MR) is 88.3 cm³/mol. The zero-order valence-corrected chi connectivity index (χ0v) is 13.0. The molecule has 5 nitrogen and oxygen atoms in total. The first-order valence-electron chi connectivity index (χ1n) is 7.98. The molecule has 3 rings (SSSR count). The molecular formula is C18H21N3O2. The van der Waals surface area contributed by atoms with Crippen molar-refractivity contribution in [2.45, 2.75) is 31.7 Å². The first kappa shape index (κ1) is 15.3. The van der Waals surface area contributed by atoms with Crippen molar-refractivity contribution in [2.24, 2.45) is 5.73 Å². The number of carbonyl (C=O) groups is 2. The Bertz CT molecular complexity index is 677. The third-order valence-electron chi connectivity index (χ3n) is 4.34. The van der Waals surface area contributed by atoms with Crippen LogP contribution >= 0.6 is 0 Å². The summed E-state index contributed by atoms with van der Waals surface area (Å²) < 4.78 is 1.99. The van der Waals surface area contributed by atoms with Crippen LogP contribution in [0.25, 0.3) is 5.69 Å². The van der Waals surface area contributed by atoms with Crippen molar-refractivity contribution in [3.8, 4) is 5.69 Å². The van der Waals surface area contributed by atoms with E-state index in [9.17, 15) is 9.59 Å². The third-order valence-corrected chi connectivity index (χ3v) is 4.34. The van der Waals surface area contributed by atoms with Gasteiger partial charge < -0.3 is 15.2 Å². The molecule has 2 heterocycles. The summed E-state index contributed by atoms with van der Waals surface area (Å²) in [6.45, 7) is 0.691. The Hall–Kier alpha value is -2.56. The fourth-order valence-electron chi connectivity index (χ4n) is 3.16. The van der Waals surface area contributed by atoms with Crippen molar-refractivity contribution >= 4 is 11.8 Å². The van der Waals surface area contributed by atoms with Crippen LogP contribution in [0, 0.1) is 0 Å². The van der Waals surface area contributed by atoms with E-state index in [1.807, 2.05) is 53.4 Å². The van der Waals surface area contributed by atoms with Crippen LogP contribution in [0.15, 0.2) is 48.8 Å². The number of hydrogen-bond acceptors (Lipinski definition) is 2. The largest absolute Gasteiger partial charge is 0.370 e. The lowest BCUT2D eigenvalue weighted by atomic mass is 9.98. The molecule has 1 aromatic heterocycles. The molecule has 2 N–H and O–H groups in total. The molecule has 1 aliphatic heterocycles. The minimum Gasteiger partial charge on any atom is -0.370 e. The van der Waals surface area contributed by atoms with E-state index in [-0.39, 0.29) is 24.3 Å². The maximum atomic E-state index is 12.8. The topological polar surface area (TPSA) is 68.3 Å². The van der Waals surface area contributed by atoms with Crippen LogP contribution in [-0.4, -0.2) is 33.9 Å². The minimum absolute atomic E-state index is 0.0185. The van der Waals surface area contributed by atoms with Crippen molar-refractivity contribution in [2.75, 3.05) is 6.54 Å². The van der Waals surface area contributed by atoms with Crippen LogP contribution in [0.1, 0.15) is 36.0 Å². The van der Waals surface area contributed by atoms with Crippen LogP contribution < -0.4 is 5.73 Å². The van der Waals surface area contributed by atoms with Crippen LogP contribution in [0.3, 0.4) is 0 Å². The molecule has 2 amide bonds. The Morgan fingerprint density at radius 2 is 1.78 bits per heavy atom. The average molecular weight is 311 g/mol. The summed E-state index contributed by atoms with van der Waals surface area (Å²) in [6.07, 6.45) is 7.02. The molecule has 0 aliphatic carbocycles. The Morgan fingerprint density at radius 3 is 2.43 bits per heavy atom. The number of benzene rings is 1. The molecule has 0 radical (unpaired) electrons. The number of amides is 2. The van der Waals surface area contributed by atoms with Gasteiger partial charge in [-0.15, -0.1) is 0 Å². The Labute approximate surface area is 135 Å². The zero-order valence-electron chi connectivity index (χ0n) is 13.0. The van der Waals surface area contributed by atoms with Gasteiger partial charge in [-0.25, -0.2) is 0 Å². The average Bonchev–Trinajstić information content (AvgIpc) is 3.09.